The normalized spacial score (nSPS) is 21.4. The van der Waals surface area contributed by atoms with Crippen molar-refractivity contribution in [3.8, 4) is 0 Å². The van der Waals surface area contributed by atoms with Crippen LogP contribution in [0.3, 0.4) is 0 Å². The first kappa shape index (κ1) is 12.2. The minimum Gasteiger partial charge on any atom is -0.480 e. The second-order valence-electron chi connectivity index (χ2n) is 3.86. The summed E-state index contributed by atoms with van der Waals surface area (Å²) in [5.41, 5.74) is 0.725. The molecule has 0 spiro atoms. The molecule has 1 aliphatic heterocycles. The Labute approximate surface area is 104 Å². The predicted molar refractivity (Wildman–Crippen MR) is 61.7 cm³/mol. The quantitative estimate of drug-likeness (QED) is 0.792. The van der Waals surface area contributed by atoms with Crippen molar-refractivity contribution in [3.05, 3.63) is 23.2 Å². The van der Waals surface area contributed by atoms with Crippen molar-refractivity contribution in [2.45, 2.75) is 12.6 Å². The van der Waals surface area contributed by atoms with Gasteiger partial charge in [0.1, 0.15) is 11.2 Å². The number of carboxylic acid groups (broad SMARTS) is 1. The smallest absolute Gasteiger partial charge is 0.322 e. The number of aliphatic carboxylic acids is 1. The molecule has 1 aliphatic rings. The third-order valence-electron chi connectivity index (χ3n) is 2.68. The number of hydrogen-bond donors (Lipinski definition) is 2. The Bertz CT molecular complexity index is 398. The first-order valence-electron chi connectivity index (χ1n) is 5.31. The van der Waals surface area contributed by atoms with Crippen LogP contribution < -0.4 is 5.32 Å². The van der Waals surface area contributed by atoms with Crippen molar-refractivity contribution >= 4 is 17.6 Å². The van der Waals surface area contributed by atoms with Crippen LogP contribution in [0.1, 0.15) is 5.69 Å². The molecule has 0 saturated carbocycles. The van der Waals surface area contributed by atoms with Gasteiger partial charge in [0.05, 0.1) is 18.1 Å². The zero-order valence-electron chi connectivity index (χ0n) is 9.14. The highest BCUT2D eigenvalue weighted by Gasteiger charge is 2.28. The molecule has 0 radical (unpaired) electrons. The van der Waals surface area contributed by atoms with Crippen LogP contribution in [0.15, 0.2) is 12.4 Å². The molecule has 1 fully saturated rings. The van der Waals surface area contributed by atoms with Gasteiger partial charge in [-0.1, -0.05) is 11.6 Å². The van der Waals surface area contributed by atoms with Crippen LogP contribution in [0.25, 0.3) is 0 Å². The van der Waals surface area contributed by atoms with Crippen LogP contribution >= 0.6 is 11.6 Å². The van der Waals surface area contributed by atoms with E-state index in [1.165, 1.54) is 6.20 Å². The van der Waals surface area contributed by atoms with Crippen LogP contribution in [0.5, 0.6) is 0 Å². The SMILES string of the molecule is O=C(O)C1CNCCN1Cc1cnc(Cl)cn1. The topological polar surface area (TPSA) is 78.4 Å². The van der Waals surface area contributed by atoms with Crippen LogP contribution in [0.4, 0.5) is 0 Å². The fraction of sp³-hybridized carbons (Fsp3) is 0.500. The van der Waals surface area contributed by atoms with E-state index in [1.807, 2.05) is 4.90 Å². The molecule has 92 valence electrons. The highest BCUT2D eigenvalue weighted by Crippen LogP contribution is 2.09. The number of nitrogens with one attached hydrogen (secondary N) is 1. The third kappa shape index (κ3) is 3.12. The summed E-state index contributed by atoms with van der Waals surface area (Å²) in [6, 6.07) is -0.513. The number of piperazine rings is 1. The summed E-state index contributed by atoms with van der Waals surface area (Å²) >= 11 is 5.64. The molecule has 0 aliphatic carbocycles. The van der Waals surface area contributed by atoms with Crippen LogP contribution in [0, 0.1) is 0 Å². The number of carboxylic acids is 1. The molecule has 1 unspecified atom stereocenters. The van der Waals surface area contributed by atoms with E-state index < -0.39 is 12.0 Å². The van der Waals surface area contributed by atoms with Gasteiger partial charge in [0.15, 0.2) is 0 Å². The average molecular weight is 257 g/mol. The van der Waals surface area contributed by atoms with E-state index in [2.05, 4.69) is 15.3 Å². The first-order valence-corrected chi connectivity index (χ1v) is 5.68. The number of rotatable bonds is 3. The number of halogens is 1. The van der Waals surface area contributed by atoms with Gasteiger partial charge in [-0.2, -0.15) is 0 Å². The zero-order valence-corrected chi connectivity index (χ0v) is 9.89. The summed E-state index contributed by atoms with van der Waals surface area (Å²) in [4.78, 5) is 21.0. The lowest BCUT2D eigenvalue weighted by molar-refractivity contribution is -0.144. The van der Waals surface area contributed by atoms with Crippen molar-refractivity contribution < 1.29 is 9.90 Å². The van der Waals surface area contributed by atoms with E-state index in [0.29, 0.717) is 24.8 Å². The molecule has 1 atom stereocenters. The highest BCUT2D eigenvalue weighted by molar-refractivity contribution is 6.29. The standard InChI is InChI=1S/C10H13ClN4O2/c11-9-5-13-7(3-14-9)6-15-2-1-12-4-8(15)10(16)17/h3,5,8,12H,1-2,4,6H2,(H,16,17). The lowest BCUT2D eigenvalue weighted by atomic mass is 10.2. The summed E-state index contributed by atoms with van der Waals surface area (Å²) < 4.78 is 0. The lowest BCUT2D eigenvalue weighted by Gasteiger charge is -2.32. The summed E-state index contributed by atoms with van der Waals surface area (Å²) in [7, 11) is 0. The number of hydrogen-bond acceptors (Lipinski definition) is 5. The monoisotopic (exact) mass is 256 g/mol. The van der Waals surface area contributed by atoms with E-state index in [4.69, 9.17) is 16.7 Å². The van der Waals surface area contributed by atoms with Gasteiger partial charge in [0, 0.05) is 26.2 Å². The van der Waals surface area contributed by atoms with Crippen LogP contribution in [0.2, 0.25) is 5.15 Å². The Morgan fingerprint density at radius 3 is 3.06 bits per heavy atom. The van der Waals surface area contributed by atoms with Gasteiger partial charge in [0.2, 0.25) is 0 Å². The summed E-state index contributed by atoms with van der Waals surface area (Å²) in [5, 5.41) is 12.5. The van der Waals surface area contributed by atoms with Gasteiger partial charge >= 0.3 is 5.97 Å². The second kappa shape index (κ2) is 5.39. The van der Waals surface area contributed by atoms with E-state index in [-0.39, 0.29) is 0 Å². The van der Waals surface area contributed by atoms with E-state index in [1.54, 1.807) is 6.20 Å². The predicted octanol–water partition coefficient (Wildman–Crippen LogP) is -0.0116. The molecule has 2 rings (SSSR count). The van der Waals surface area contributed by atoms with Crippen molar-refractivity contribution in [1.29, 1.82) is 0 Å². The van der Waals surface area contributed by atoms with Gasteiger partial charge < -0.3 is 10.4 Å². The van der Waals surface area contributed by atoms with Gasteiger partial charge in [0.25, 0.3) is 0 Å². The molecular formula is C10H13ClN4O2. The molecule has 0 aromatic carbocycles. The molecule has 6 nitrogen and oxygen atoms in total. The summed E-state index contributed by atoms with van der Waals surface area (Å²) in [6.45, 7) is 2.39. The van der Waals surface area contributed by atoms with Crippen LogP contribution in [-0.4, -0.2) is 51.6 Å². The van der Waals surface area contributed by atoms with Gasteiger partial charge in [-0.15, -0.1) is 0 Å². The van der Waals surface area contributed by atoms with Crippen molar-refractivity contribution in [2.24, 2.45) is 0 Å². The fourth-order valence-electron chi connectivity index (χ4n) is 1.81. The van der Waals surface area contributed by atoms with Crippen molar-refractivity contribution in [2.75, 3.05) is 19.6 Å². The molecule has 17 heavy (non-hydrogen) atoms. The Hall–Kier alpha value is -1.24. The zero-order chi connectivity index (χ0) is 12.3. The maximum absolute atomic E-state index is 11.1. The maximum Gasteiger partial charge on any atom is 0.322 e. The third-order valence-corrected chi connectivity index (χ3v) is 2.87. The molecule has 1 saturated heterocycles. The Balaban J connectivity index is 2.05. The van der Waals surface area contributed by atoms with E-state index >= 15 is 0 Å². The lowest BCUT2D eigenvalue weighted by Crippen LogP contribution is -2.54. The number of nitrogens with zero attached hydrogens (tertiary/aromatic N) is 3. The van der Waals surface area contributed by atoms with Crippen LogP contribution in [-0.2, 0) is 11.3 Å². The molecule has 2 N–H and O–H groups in total. The number of carbonyl (C=O) groups is 1. The minimum absolute atomic E-state index is 0.337. The molecule has 1 aromatic rings. The minimum atomic E-state index is -0.820. The summed E-state index contributed by atoms with van der Waals surface area (Å²) in [5.74, 6) is -0.820. The molecule has 1 aromatic heterocycles. The van der Waals surface area contributed by atoms with Crippen molar-refractivity contribution in [3.63, 3.8) is 0 Å². The molecule has 2 heterocycles. The van der Waals surface area contributed by atoms with Gasteiger partial charge in [-0.3, -0.25) is 14.7 Å². The number of aromatic nitrogens is 2. The molecule has 7 heteroatoms. The highest BCUT2D eigenvalue weighted by atomic mass is 35.5. The van der Waals surface area contributed by atoms with Gasteiger partial charge in [-0.05, 0) is 0 Å². The Morgan fingerprint density at radius 1 is 1.59 bits per heavy atom. The average Bonchev–Trinajstić information content (AvgIpc) is 2.32. The van der Waals surface area contributed by atoms with Crippen molar-refractivity contribution in [1.82, 2.24) is 20.2 Å². The molecular weight excluding hydrogens is 244 g/mol. The maximum atomic E-state index is 11.1. The second-order valence-corrected chi connectivity index (χ2v) is 4.25. The molecule has 0 bridgehead atoms. The fourth-order valence-corrected chi connectivity index (χ4v) is 1.91. The Kier molecular flexibility index (Phi) is 3.88. The van der Waals surface area contributed by atoms with Gasteiger partial charge in [-0.25, -0.2) is 4.98 Å². The van der Waals surface area contributed by atoms with E-state index in [9.17, 15) is 4.79 Å². The summed E-state index contributed by atoms with van der Waals surface area (Å²) in [6.07, 6.45) is 3.04. The van der Waals surface area contributed by atoms with E-state index in [0.717, 1.165) is 12.2 Å². The largest absolute Gasteiger partial charge is 0.480 e. The Morgan fingerprint density at radius 2 is 2.41 bits per heavy atom. The first-order chi connectivity index (χ1) is 8.16. The molecule has 0 amide bonds.